The summed E-state index contributed by atoms with van der Waals surface area (Å²) in [5.41, 5.74) is 0. The van der Waals surface area contributed by atoms with Crippen LogP contribution in [0.2, 0.25) is 0 Å². The average Bonchev–Trinajstić information content (AvgIpc) is 2.11. The molecule has 4 heteroatoms. The van der Waals surface area contributed by atoms with Crippen LogP contribution in [0.4, 0.5) is 4.79 Å². The molecule has 88 valence electrons. The summed E-state index contributed by atoms with van der Waals surface area (Å²) in [6.45, 7) is 9.42. The van der Waals surface area contributed by atoms with Gasteiger partial charge in [0.1, 0.15) is 0 Å². The van der Waals surface area contributed by atoms with Gasteiger partial charge in [0, 0.05) is 12.5 Å². The number of ketones is 1. The number of nitrogens with one attached hydrogen (secondary N) is 2. The van der Waals surface area contributed by atoms with Crippen LogP contribution in [-0.4, -0.2) is 23.9 Å². The molecule has 2 amide bonds. The molecule has 15 heavy (non-hydrogen) atoms. The Morgan fingerprint density at radius 1 is 1.07 bits per heavy atom. The Morgan fingerprint density at radius 2 is 1.60 bits per heavy atom. The molecule has 0 bridgehead atoms. The van der Waals surface area contributed by atoms with Gasteiger partial charge in [0.05, 0.1) is 6.04 Å². The van der Waals surface area contributed by atoms with Gasteiger partial charge in [0.15, 0.2) is 5.78 Å². The maximum atomic E-state index is 11.5. The Hall–Kier alpha value is -1.06. The van der Waals surface area contributed by atoms with E-state index in [4.69, 9.17) is 0 Å². The standard InChI is InChI=1S/C11H22N2O2/c1-6-9(14)10(7(2)3)13-11(15)12-8(4)5/h7-8,10H,6H2,1-5H3,(H2,12,13,15). The van der Waals surface area contributed by atoms with Crippen molar-refractivity contribution in [1.29, 1.82) is 0 Å². The van der Waals surface area contributed by atoms with Crippen LogP contribution in [0.5, 0.6) is 0 Å². The van der Waals surface area contributed by atoms with E-state index in [1.807, 2.05) is 27.7 Å². The van der Waals surface area contributed by atoms with E-state index in [0.717, 1.165) is 0 Å². The number of urea groups is 1. The van der Waals surface area contributed by atoms with Crippen molar-refractivity contribution in [3.8, 4) is 0 Å². The van der Waals surface area contributed by atoms with Crippen LogP contribution >= 0.6 is 0 Å². The first-order chi connectivity index (χ1) is 6.88. The predicted molar refractivity (Wildman–Crippen MR) is 60.7 cm³/mol. The van der Waals surface area contributed by atoms with Crippen LogP contribution in [0.15, 0.2) is 0 Å². The normalized spacial score (nSPS) is 12.7. The zero-order chi connectivity index (χ0) is 12.0. The topological polar surface area (TPSA) is 58.2 Å². The number of hydrogen-bond donors (Lipinski definition) is 2. The number of carbonyl (C=O) groups excluding carboxylic acids is 2. The summed E-state index contributed by atoms with van der Waals surface area (Å²) in [6, 6.07) is -0.575. The highest BCUT2D eigenvalue weighted by molar-refractivity contribution is 5.88. The van der Waals surface area contributed by atoms with Crippen molar-refractivity contribution in [2.24, 2.45) is 5.92 Å². The van der Waals surface area contributed by atoms with Crippen LogP contribution in [0, 0.1) is 5.92 Å². The van der Waals surface area contributed by atoms with Gasteiger partial charge >= 0.3 is 6.03 Å². The Kier molecular flexibility index (Phi) is 5.97. The number of hydrogen-bond acceptors (Lipinski definition) is 2. The molecule has 0 aromatic rings. The molecule has 0 aliphatic rings. The van der Waals surface area contributed by atoms with Crippen molar-refractivity contribution in [3.05, 3.63) is 0 Å². The maximum Gasteiger partial charge on any atom is 0.315 e. The first-order valence-corrected chi connectivity index (χ1v) is 5.48. The third-order valence-corrected chi connectivity index (χ3v) is 2.07. The van der Waals surface area contributed by atoms with Gasteiger partial charge in [-0.2, -0.15) is 0 Å². The highest BCUT2D eigenvalue weighted by Gasteiger charge is 2.22. The maximum absolute atomic E-state index is 11.5. The molecular weight excluding hydrogens is 192 g/mol. The summed E-state index contributed by atoms with van der Waals surface area (Å²) >= 11 is 0. The lowest BCUT2D eigenvalue weighted by Gasteiger charge is -2.21. The van der Waals surface area contributed by atoms with Crippen molar-refractivity contribution in [3.63, 3.8) is 0 Å². The van der Waals surface area contributed by atoms with Crippen LogP contribution in [-0.2, 0) is 4.79 Å². The molecule has 0 heterocycles. The van der Waals surface area contributed by atoms with Gasteiger partial charge in [0.2, 0.25) is 0 Å². The summed E-state index contributed by atoms with van der Waals surface area (Å²) in [4.78, 5) is 22.9. The zero-order valence-corrected chi connectivity index (χ0v) is 10.3. The first-order valence-electron chi connectivity index (χ1n) is 5.48. The lowest BCUT2D eigenvalue weighted by Crippen LogP contribution is -2.49. The Labute approximate surface area is 91.8 Å². The molecule has 2 N–H and O–H groups in total. The van der Waals surface area contributed by atoms with Crippen molar-refractivity contribution >= 4 is 11.8 Å². The van der Waals surface area contributed by atoms with Crippen LogP contribution in [0.25, 0.3) is 0 Å². The van der Waals surface area contributed by atoms with Gasteiger partial charge in [0.25, 0.3) is 0 Å². The van der Waals surface area contributed by atoms with Gasteiger partial charge in [-0.3, -0.25) is 4.79 Å². The van der Waals surface area contributed by atoms with E-state index < -0.39 is 0 Å². The molecule has 4 nitrogen and oxygen atoms in total. The van der Waals surface area contributed by atoms with Gasteiger partial charge in [-0.15, -0.1) is 0 Å². The summed E-state index contributed by atoms with van der Waals surface area (Å²) in [5, 5.41) is 5.40. The molecule has 0 aliphatic heterocycles. The van der Waals surface area contributed by atoms with E-state index in [9.17, 15) is 9.59 Å². The van der Waals surface area contributed by atoms with Gasteiger partial charge in [-0.25, -0.2) is 4.79 Å². The lowest BCUT2D eigenvalue weighted by molar-refractivity contribution is -0.121. The van der Waals surface area contributed by atoms with Crippen molar-refractivity contribution < 1.29 is 9.59 Å². The minimum absolute atomic E-state index is 0.0731. The summed E-state index contributed by atoms with van der Waals surface area (Å²) in [5.74, 6) is 0.194. The van der Waals surface area contributed by atoms with Crippen molar-refractivity contribution in [2.75, 3.05) is 0 Å². The molecule has 1 unspecified atom stereocenters. The SMILES string of the molecule is CCC(=O)C(NC(=O)NC(C)C)C(C)C. The number of carbonyl (C=O) groups is 2. The van der Waals surface area contributed by atoms with Gasteiger partial charge in [-0.05, 0) is 19.8 Å². The van der Waals surface area contributed by atoms with Gasteiger partial charge in [-0.1, -0.05) is 20.8 Å². The molecule has 0 radical (unpaired) electrons. The number of Topliss-reactive ketones (excluding diaryl/α,β-unsaturated/α-hetero) is 1. The monoisotopic (exact) mass is 214 g/mol. The third-order valence-electron chi connectivity index (χ3n) is 2.07. The molecule has 0 aliphatic carbocycles. The molecular formula is C11H22N2O2. The molecule has 0 saturated carbocycles. The fourth-order valence-electron chi connectivity index (χ4n) is 1.28. The van der Waals surface area contributed by atoms with Crippen LogP contribution in [0.1, 0.15) is 41.0 Å². The minimum atomic E-state index is -0.381. The molecule has 0 aromatic heterocycles. The smallest absolute Gasteiger partial charge is 0.315 e. The van der Waals surface area contributed by atoms with Gasteiger partial charge < -0.3 is 10.6 Å². The summed E-state index contributed by atoms with van der Waals surface area (Å²) < 4.78 is 0. The van der Waals surface area contributed by atoms with Crippen molar-refractivity contribution in [2.45, 2.75) is 53.1 Å². The number of amides is 2. The largest absolute Gasteiger partial charge is 0.336 e. The molecule has 0 spiro atoms. The Morgan fingerprint density at radius 3 is 1.93 bits per heavy atom. The second kappa shape index (κ2) is 6.43. The fourth-order valence-corrected chi connectivity index (χ4v) is 1.28. The van der Waals surface area contributed by atoms with E-state index >= 15 is 0 Å². The van der Waals surface area contributed by atoms with Crippen molar-refractivity contribution in [1.82, 2.24) is 10.6 Å². The second-order valence-electron chi connectivity index (χ2n) is 4.31. The lowest BCUT2D eigenvalue weighted by atomic mass is 9.98. The quantitative estimate of drug-likeness (QED) is 0.731. The zero-order valence-electron chi connectivity index (χ0n) is 10.3. The highest BCUT2D eigenvalue weighted by Crippen LogP contribution is 2.04. The highest BCUT2D eigenvalue weighted by atomic mass is 16.2. The second-order valence-corrected chi connectivity index (χ2v) is 4.31. The third kappa shape index (κ3) is 5.40. The average molecular weight is 214 g/mol. The molecule has 0 aromatic carbocycles. The summed E-state index contributed by atoms with van der Waals surface area (Å²) in [7, 11) is 0. The Balaban J connectivity index is 4.29. The predicted octanol–water partition coefficient (Wildman–Crippen LogP) is 1.70. The molecule has 1 atom stereocenters. The Bertz CT molecular complexity index is 225. The first kappa shape index (κ1) is 13.9. The molecule has 0 fully saturated rings. The molecule has 0 saturated heterocycles. The van der Waals surface area contributed by atoms with Crippen LogP contribution < -0.4 is 10.6 Å². The fraction of sp³-hybridized carbons (Fsp3) is 0.818. The van der Waals surface area contributed by atoms with Crippen LogP contribution in [0.3, 0.4) is 0 Å². The van der Waals surface area contributed by atoms with E-state index in [0.29, 0.717) is 6.42 Å². The van der Waals surface area contributed by atoms with E-state index in [1.54, 1.807) is 6.92 Å². The van der Waals surface area contributed by atoms with E-state index in [2.05, 4.69) is 10.6 Å². The number of rotatable bonds is 5. The summed E-state index contributed by atoms with van der Waals surface area (Å²) in [6.07, 6.45) is 0.449. The van der Waals surface area contributed by atoms with E-state index in [1.165, 1.54) is 0 Å². The minimum Gasteiger partial charge on any atom is -0.336 e. The molecule has 0 rings (SSSR count). The van der Waals surface area contributed by atoms with E-state index in [-0.39, 0.29) is 29.8 Å².